The first kappa shape index (κ1) is 16.1. The van der Waals surface area contributed by atoms with E-state index in [2.05, 4.69) is 5.32 Å². The van der Waals surface area contributed by atoms with Crippen LogP contribution in [-0.4, -0.2) is 31.2 Å². The lowest BCUT2D eigenvalue weighted by Crippen LogP contribution is -2.22. The number of methoxy groups -OCH3 is 2. The second-order valence-corrected chi connectivity index (χ2v) is 5.22. The maximum Gasteiger partial charge on any atom is 0.306 e. The van der Waals surface area contributed by atoms with Crippen LogP contribution in [0.3, 0.4) is 0 Å². The summed E-state index contributed by atoms with van der Waals surface area (Å²) in [5.74, 6) is -2.32. The maximum atomic E-state index is 14.0. The molecule has 0 unspecified atom stereocenters. The molecule has 6 nitrogen and oxygen atoms in total. The van der Waals surface area contributed by atoms with Gasteiger partial charge in [-0.3, -0.25) is 9.59 Å². The van der Waals surface area contributed by atoms with Crippen molar-refractivity contribution in [1.82, 2.24) is 0 Å². The first-order chi connectivity index (χ1) is 10.5. The Kier molecular flexibility index (Phi) is 4.85. The van der Waals surface area contributed by atoms with E-state index in [1.165, 1.54) is 20.3 Å². The number of halogens is 1. The molecule has 0 bridgehead atoms. The SMILES string of the molecule is COc1cc(F)c(NC(=O)[C@@H]2CC[C@H](C(=O)O)C2)cc1OC. The minimum Gasteiger partial charge on any atom is -0.493 e. The second kappa shape index (κ2) is 6.64. The highest BCUT2D eigenvalue weighted by Gasteiger charge is 2.34. The van der Waals surface area contributed by atoms with Gasteiger partial charge in [-0.1, -0.05) is 0 Å². The van der Waals surface area contributed by atoms with Gasteiger partial charge >= 0.3 is 5.97 Å². The topological polar surface area (TPSA) is 84.9 Å². The fourth-order valence-electron chi connectivity index (χ4n) is 2.63. The summed E-state index contributed by atoms with van der Waals surface area (Å²) in [6.45, 7) is 0. The molecule has 0 aliphatic heterocycles. The van der Waals surface area contributed by atoms with Gasteiger partial charge in [0.25, 0.3) is 0 Å². The molecule has 1 saturated carbocycles. The highest BCUT2D eigenvalue weighted by atomic mass is 19.1. The van der Waals surface area contributed by atoms with Gasteiger partial charge in [0.05, 0.1) is 25.8 Å². The van der Waals surface area contributed by atoms with Crippen LogP contribution in [0.25, 0.3) is 0 Å². The lowest BCUT2D eigenvalue weighted by atomic mass is 10.0. The minimum absolute atomic E-state index is 0.0126. The number of anilines is 1. The summed E-state index contributed by atoms with van der Waals surface area (Å²) in [5, 5.41) is 11.4. The Labute approximate surface area is 127 Å². The Hall–Kier alpha value is -2.31. The minimum atomic E-state index is -0.896. The van der Waals surface area contributed by atoms with E-state index in [0.29, 0.717) is 18.6 Å². The Morgan fingerprint density at radius 3 is 2.32 bits per heavy atom. The summed E-state index contributed by atoms with van der Waals surface area (Å²) in [5.41, 5.74) is -0.0126. The first-order valence-corrected chi connectivity index (χ1v) is 6.91. The Bertz CT molecular complexity index is 590. The zero-order valence-electron chi connectivity index (χ0n) is 12.4. The van der Waals surface area contributed by atoms with Crippen LogP contribution in [0, 0.1) is 17.7 Å². The second-order valence-electron chi connectivity index (χ2n) is 5.22. The third-order valence-corrected chi connectivity index (χ3v) is 3.88. The molecule has 0 heterocycles. The van der Waals surface area contributed by atoms with Gasteiger partial charge in [0.2, 0.25) is 5.91 Å². The number of aliphatic carboxylic acids is 1. The highest BCUT2D eigenvalue weighted by molar-refractivity contribution is 5.93. The lowest BCUT2D eigenvalue weighted by Gasteiger charge is -2.14. The van der Waals surface area contributed by atoms with Crippen molar-refractivity contribution in [2.24, 2.45) is 11.8 Å². The number of carboxylic acids is 1. The Morgan fingerprint density at radius 2 is 1.77 bits per heavy atom. The van der Waals surface area contributed by atoms with Gasteiger partial charge in [-0.15, -0.1) is 0 Å². The van der Waals surface area contributed by atoms with Crippen LogP contribution < -0.4 is 14.8 Å². The summed E-state index contributed by atoms with van der Waals surface area (Å²) >= 11 is 0. The molecule has 22 heavy (non-hydrogen) atoms. The van der Waals surface area contributed by atoms with E-state index in [-0.39, 0.29) is 23.8 Å². The van der Waals surface area contributed by atoms with E-state index in [1.54, 1.807) is 0 Å². The highest BCUT2D eigenvalue weighted by Crippen LogP contribution is 2.35. The largest absolute Gasteiger partial charge is 0.493 e. The van der Waals surface area contributed by atoms with Crippen LogP contribution in [0.5, 0.6) is 11.5 Å². The molecule has 0 radical (unpaired) electrons. The summed E-state index contributed by atoms with van der Waals surface area (Å²) in [6.07, 6.45) is 1.22. The number of ether oxygens (including phenoxy) is 2. The number of carboxylic acid groups (broad SMARTS) is 1. The molecule has 0 saturated heterocycles. The van der Waals surface area contributed by atoms with Crippen LogP contribution in [0.15, 0.2) is 12.1 Å². The molecule has 2 atom stereocenters. The van der Waals surface area contributed by atoms with Crippen molar-refractivity contribution in [3.8, 4) is 11.5 Å². The zero-order valence-corrected chi connectivity index (χ0v) is 12.4. The molecule has 2 rings (SSSR count). The fraction of sp³-hybridized carbons (Fsp3) is 0.467. The number of nitrogens with one attached hydrogen (secondary N) is 1. The van der Waals surface area contributed by atoms with Gasteiger partial charge in [0, 0.05) is 18.1 Å². The van der Waals surface area contributed by atoms with E-state index in [9.17, 15) is 14.0 Å². The lowest BCUT2D eigenvalue weighted by molar-refractivity contribution is -0.141. The normalized spacial score (nSPS) is 20.5. The molecule has 7 heteroatoms. The first-order valence-electron chi connectivity index (χ1n) is 6.91. The molecule has 1 aliphatic carbocycles. The Balaban J connectivity index is 2.10. The number of benzene rings is 1. The fourth-order valence-corrected chi connectivity index (χ4v) is 2.63. The summed E-state index contributed by atoms with van der Waals surface area (Å²) < 4.78 is 24.0. The van der Waals surface area contributed by atoms with Gasteiger partial charge in [-0.25, -0.2) is 4.39 Å². The monoisotopic (exact) mass is 311 g/mol. The number of carbonyl (C=O) groups excluding carboxylic acids is 1. The molecular weight excluding hydrogens is 293 g/mol. The van der Waals surface area contributed by atoms with E-state index in [1.807, 2.05) is 0 Å². The van der Waals surface area contributed by atoms with Crippen LogP contribution in [0.2, 0.25) is 0 Å². The third kappa shape index (κ3) is 3.29. The van der Waals surface area contributed by atoms with E-state index in [4.69, 9.17) is 14.6 Å². The molecule has 1 amide bonds. The van der Waals surface area contributed by atoms with E-state index >= 15 is 0 Å². The van der Waals surface area contributed by atoms with Gasteiger partial charge in [-0.05, 0) is 19.3 Å². The van der Waals surface area contributed by atoms with E-state index in [0.717, 1.165) is 6.07 Å². The van der Waals surface area contributed by atoms with E-state index < -0.39 is 23.6 Å². The molecule has 0 aromatic heterocycles. The van der Waals surface area contributed by atoms with Gasteiger partial charge in [0.15, 0.2) is 17.3 Å². The van der Waals surface area contributed by atoms with Crippen molar-refractivity contribution in [2.75, 3.05) is 19.5 Å². The van der Waals surface area contributed by atoms with Crippen molar-refractivity contribution >= 4 is 17.6 Å². The molecule has 1 aromatic carbocycles. The average Bonchev–Trinajstić information content (AvgIpc) is 2.99. The smallest absolute Gasteiger partial charge is 0.306 e. The Morgan fingerprint density at radius 1 is 1.18 bits per heavy atom. The van der Waals surface area contributed by atoms with Crippen LogP contribution in [-0.2, 0) is 9.59 Å². The van der Waals surface area contributed by atoms with Crippen molar-refractivity contribution < 1.29 is 28.6 Å². The van der Waals surface area contributed by atoms with Crippen molar-refractivity contribution in [3.05, 3.63) is 17.9 Å². The molecule has 1 fully saturated rings. The summed E-state index contributed by atoms with van der Waals surface area (Å²) in [6, 6.07) is 2.47. The molecule has 1 aromatic rings. The number of rotatable bonds is 5. The average molecular weight is 311 g/mol. The van der Waals surface area contributed by atoms with Crippen LogP contribution >= 0.6 is 0 Å². The third-order valence-electron chi connectivity index (χ3n) is 3.88. The standard InChI is InChI=1S/C15H18FNO5/c1-21-12-6-10(16)11(7-13(12)22-2)17-14(18)8-3-4-9(5-8)15(19)20/h6-9H,3-5H2,1-2H3,(H,17,18)(H,19,20)/t8-,9+/m1/s1. The van der Waals surface area contributed by atoms with Gasteiger partial charge in [0.1, 0.15) is 0 Å². The van der Waals surface area contributed by atoms with Crippen LogP contribution in [0.1, 0.15) is 19.3 Å². The van der Waals surface area contributed by atoms with Crippen molar-refractivity contribution in [2.45, 2.75) is 19.3 Å². The van der Waals surface area contributed by atoms with Crippen molar-refractivity contribution in [3.63, 3.8) is 0 Å². The molecule has 1 aliphatic rings. The quantitative estimate of drug-likeness (QED) is 0.871. The summed E-state index contributed by atoms with van der Waals surface area (Å²) in [4.78, 5) is 23.1. The number of carbonyl (C=O) groups is 2. The predicted octanol–water partition coefficient (Wildman–Crippen LogP) is 2.28. The van der Waals surface area contributed by atoms with Gasteiger partial charge < -0.3 is 19.9 Å². The number of amides is 1. The number of hydrogen-bond donors (Lipinski definition) is 2. The van der Waals surface area contributed by atoms with Gasteiger partial charge in [-0.2, -0.15) is 0 Å². The molecule has 0 spiro atoms. The molecular formula is C15H18FNO5. The van der Waals surface area contributed by atoms with Crippen molar-refractivity contribution in [1.29, 1.82) is 0 Å². The summed E-state index contributed by atoms with van der Waals surface area (Å²) in [7, 11) is 2.80. The number of hydrogen-bond acceptors (Lipinski definition) is 4. The zero-order chi connectivity index (χ0) is 16.3. The van der Waals surface area contributed by atoms with Crippen LogP contribution in [0.4, 0.5) is 10.1 Å². The maximum absolute atomic E-state index is 14.0. The molecule has 120 valence electrons. The predicted molar refractivity (Wildman–Crippen MR) is 76.6 cm³/mol. The molecule has 2 N–H and O–H groups in total.